The first-order valence-corrected chi connectivity index (χ1v) is 6.57. The molecule has 0 radical (unpaired) electrons. The number of imidazole rings is 1. The lowest BCUT2D eigenvalue weighted by Gasteiger charge is -2.12. The number of aromatic nitrogens is 2. The third-order valence-corrected chi connectivity index (χ3v) is 2.90. The normalized spacial score (nSPS) is 11.7. The van der Waals surface area contributed by atoms with Gasteiger partial charge in [0, 0.05) is 6.92 Å². The Balaban J connectivity index is 1.96. The van der Waals surface area contributed by atoms with Crippen LogP contribution in [0, 0.1) is 17.0 Å². The maximum Gasteiger partial charge on any atom is 0.514 e. The fraction of sp³-hybridized carbons (Fsp3) is 0.286. The quantitative estimate of drug-likeness (QED) is 0.364. The van der Waals surface area contributed by atoms with Gasteiger partial charge in [-0.25, -0.2) is 14.3 Å². The molecule has 1 unspecified atom stereocenters. The summed E-state index contributed by atoms with van der Waals surface area (Å²) in [5.74, 6) is 0.687. The molecule has 1 atom stereocenters. The van der Waals surface area contributed by atoms with Crippen molar-refractivity contribution in [2.24, 2.45) is 0 Å². The Kier molecular flexibility index (Phi) is 4.72. The SMILES string of the molecule is Cc1ncc([N+](=O)[O-])n1CC(C)OC(=O)Oc1ccccc1. The average Bonchev–Trinajstić information content (AvgIpc) is 2.81. The number of rotatable bonds is 5. The number of para-hydroxylation sites is 1. The Bertz CT molecular complexity index is 668. The Hall–Kier alpha value is -2.90. The van der Waals surface area contributed by atoms with Crippen LogP contribution in [0.3, 0.4) is 0 Å². The van der Waals surface area contributed by atoms with Gasteiger partial charge in [-0.05, 0) is 24.0 Å². The number of carbonyl (C=O) groups is 1. The van der Waals surface area contributed by atoms with Gasteiger partial charge in [0.2, 0.25) is 0 Å². The minimum Gasteiger partial charge on any atom is -0.427 e. The first kappa shape index (κ1) is 15.5. The summed E-state index contributed by atoms with van der Waals surface area (Å²) < 4.78 is 11.5. The Labute approximate surface area is 126 Å². The number of aryl methyl sites for hydroxylation is 1. The molecule has 0 spiro atoms. The summed E-state index contributed by atoms with van der Waals surface area (Å²) in [4.78, 5) is 25.9. The molecule has 0 aliphatic carbocycles. The molecule has 0 saturated carbocycles. The summed E-state index contributed by atoms with van der Waals surface area (Å²) in [5.41, 5.74) is 0. The molecule has 0 aliphatic rings. The van der Waals surface area contributed by atoms with Gasteiger partial charge < -0.3 is 19.6 Å². The van der Waals surface area contributed by atoms with E-state index < -0.39 is 17.2 Å². The van der Waals surface area contributed by atoms with E-state index in [1.807, 2.05) is 0 Å². The minimum absolute atomic E-state index is 0.117. The molecule has 0 saturated heterocycles. The largest absolute Gasteiger partial charge is 0.514 e. The van der Waals surface area contributed by atoms with Crippen LogP contribution in [0.1, 0.15) is 12.7 Å². The molecule has 8 heteroatoms. The predicted molar refractivity (Wildman–Crippen MR) is 76.6 cm³/mol. The summed E-state index contributed by atoms with van der Waals surface area (Å²) in [6.07, 6.45) is -0.299. The van der Waals surface area contributed by atoms with Gasteiger partial charge in [0.05, 0.1) is 0 Å². The number of hydrogen-bond acceptors (Lipinski definition) is 6. The van der Waals surface area contributed by atoms with Crippen LogP contribution in [0.2, 0.25) is 0 Å². The van der Waals surface area contributed by atoms with Gasteiger partial charge in [0.15, 0.2) is 5.82 Å². The molecule has 8 nitrogen and oxygen atoms in total. The van der Waals surface area contributed by atoms with E-state index in [0.29, 0.717) is 11.6 Å². The summed E-state index contributed by atoms with van der Waals surface area (Å²) in [6, 6.07) is 8.49. The molecule has 1 aromatic heterocycles. The molecule has 0 bridgehead atoms. The third-order valence-electron chi connectivity index (χ3n) is 2.90. The first-order chi connectivity index (χ1) is 10.5. The van der Waals surface area contributed by atoms with Crippen molar-refractivity contribution in [3.63, 3.8) is 0 Å². The van der Waals surface area contributed by atoms with Crippen LogP contribution in [-0.4, -0.2) is 26.7 Å². The number of hydrogen-bond donors (Lipinski definition) is 0. The van der Waals surface area contributed by atoms with Crippen LogP contribution >= 0.6 is 0 Å². The van der Waals surface area contributed by atoms with E-state index in [2.05, 4.69) is 4.98 Å². The number of nitro groups is 1. The van der Waals surface area contributed by atoms with Crippen LogP contribution in [0.4, 0.5) is 10.6 Å². The standard InChI is InChI=1S/C14H15N3O5/c1-10(9-16-11(2)15-8-13(16)17(19)20)21-14(18)22-12-6-4-3-5-7-12/h3-8,10H,9H2,1-2H3. The van der Waals surface area contributed by atoms with E-state index in [9.17, 15) is 14.9 Å². The van der Waals surface area contributed by atoms with Crippen LogP contribution in [0.5, 0.6) is 5.75 Å². The molecule has 0 N–H and O–H groups in total. The Morgan fingerprint density at radius 2 is 2.09 bits per heavy atom. The third kappa shape index (κ3) is 3.81. The number of benzene rings is 1. The van der Waals surface area contributed by atoms with E-state index in [1.165, 1.54) is 10.8 Å². The fourth-order valence-corrected chi connectivity index (χ4v) is 1.90. The number of ether oxygens (including phenoxy) is 2. The van der Waals surface area contributed by atoms with Crippen molar-refractivity contribution in [2.75, 3.05) is 0 Å². The van der Waals surface area contributed by atoms with Crippen molar-refractivity contribution in [1.82, 2.24) is 9.55 Å². The molecule has 0 aliphatic heterocycles. The average molecular weight is 305 g/mol. The van der Waals surface area contributed by atoms with Crippen molar-refractivity contribution < 1.29 is 19.2 Å². The fourth-order valence-electron chi connectivity index (χ4n) is 1.90. The van der Waals surface area contributed by atoms with Crippen LogP contribution in [0.15, 0.2) is 36.5 Å². The van der Waals surface area contributed by atoms with Crippen molar-refractivity contribution in [1.29, 1.82) is 0 Å². The highest BCUT2D eigenvalue weighted by Crippen LogP contribution is 2.16. The topological polar surface area (TPSA) is 96.5 Å². The van der Waals surface area contributed by atoms with Gasteiger partial charge in [-0.2, -0.15) is 0 Å². The van der Waals surface area contributed by atoms with Crippen LogP contribution < -0.4 is 4.74 Å². The lowest BCUT2D eigenvalue weighted by Crippen LogP contribution is -2.23. The molecule has 0 amide bonds. The monoisotopic (exact) mass is 305 g/mol. The maximum atomic E-state index is 11.7. The molecular weight excluding hydrogens is 290 g/mol. The summed E-state index contributed by atoms with van der Waals surface area (Å²) in [5, 5.41) is 10.9. The van der Waals surface area contributed by atoms with Crippen LogP contribution in [0.25, 0.3) is 0 Å². The zero-order chi connectivity index (χ0) is 16.1. The molecule has 1 heterocycles. The zero-order valence-corrected chi connectivity index (χ0v) is 12.1. The molecule has 0 fully saturated rings. The van der Waals surface area contributed by atoms with Crippen molar-refractivity contribution >= 4 is 12.0 Å². The molecule has 1 aromatic carbocycles. The van der Waals surface area contributed by atoms with Crippen molar-refractivity contribution in [2.45, 2.75) is 26.5 Å². The van der Waals surface area contributed by atoms with Crippen LogP contribution in [-0.2, 0) is 11.3 Å². The van der Waals surface area contributed by atoms with Gasteiger partial charge in [-0.15, -0.1) is 0 Å². The molecule has 22 heavy (non-hydrogen) atoms. The molecule has 2 rings (SSSR count). The van der Waals surface area contributed by atoms with E-state index in [0.717, 1.165) is 0 Å². The molecular formula is C14H15N3O5. The number of nitrogens with zero attached hydrogens (tertiary/aromatic N) is 3. The summed E-state index contributed by atoms with van der Waals surface area (Å²) in [6.45, 7) is 3.38. The first-order valence-electron chi connectivity index (χ1n) is 6.57. The van der Waals surface area contributed by atoms with Gasteiger partial charge in [0.25, 0.3) is 0 Å². The second-order valence-electron chi connectivity index (χ2n) is 4.62. The highest BCUT2D eigenvalue weighted by atomic mass is 16.7. The van der Waals surface area contributed by atoms with E-state index in [-0.39, 0.29) is 12.4 Å². The van der Waals surface area contributed by atoms with E-state index in [1.54, 1.807) is 44.2 Å². The summed E-state index contributed by atoms with van der Waals surface area (Å²) >= 11 is 0. The van der Waals surface area contributed by atoms with Gasteiger partial charge in [0.1, 0.15) is 24.6 Å². The smallest absolute Gasteiger partial charge is 0.427 e. The van der Waals surface area contributed by atoms with E-state index >= 15 is 0 Å². The second kappa shape index (κ2) is 6.70. The van der Waals surface area contributed by atoms with Gasteiger partial charge >= 0.3 is 12.0 Å². The number of carbonyl (C=O) groups excluding carboxylic acids is 1. The van der Waals surface area contributed by atoms with Gasteiger partial charge in [-0.1, -0.05) is 18.2 Å². The van der Waals surface area contributed by atoms with E-state index in [4.69, 9.17) is 9.47 Å². The minimum atomic E-state index is -0.862. The molecule has 116 valence electrons. The van der Waals surface area contributed by atoms with Crippen molar-refractivity contribution in [3.05, 3.63) is 52.5 Å². The lowest BCUT2D eigenvalue weighted by molar-refractivity contribution is -0.392. The Morgan fingerprint density at radius 3 is 2.73 bits per heavy atom. The maximum absolute atomic E-state index is 11.7. The Morgan fingerprint density at radius 1 is 1.41 bits per heavy atom. The highest BCUT2D eigenvalue weighted by molar-refractivity contribution is 5.63. The zero-order valence-electron chi connectivity index (χ0n) is 12.1. The predicted octanol–water partition coefficient (Wildman–Crippen LogP) is 2.70. The molecule has 2 aromatic rings. The van der Waals surface area contributed by atoms with Crippen molar-refractivity contribution in [3.8, 4) is 5.75 Å². The highest BCUT2D eigenvalue weighted by Gasteiger charge is 2.22. The van der Waals surface area contributed by atoms with Gasteiger partial charge in [-0.3, -0.25) is 0 Å². The second-order valence-corrected chi connectivity index (χ2v) is 4.62. The lowest BCUT2D eigenvalue weighted by atomic mass is 10.3. The summed E-state index contributed by atoms with van der Waals surface area (Å²) in [7, 11) is 0.